The van der Waals surface area contributed by atoms with Crippen LogP contribution in [0.5, 0.6) is 5.75 Å². The number of hydrogen-bond acceptors (Lipinski definition) is 7. The summed E-state index contributed by atoms with van der Waals surface area (Å²) >= 11 is 0. The predicted molar refractivity (Wildman–Crippen MR) is 105 cm³/mol. The van der Waals surface area contributed by atoms with Crippen LogP contribution in [-0.4, -0.2) is 46.4 Å². The van der Waals surface area contributed by atoms with E-state index in [2.05, 4.69) is 30.2 Å². The first kappa shape index (κ1) is 17.0. The van der Waals surface area contributed by atoms with E-state index in [0.717, 1.165) is 5.56 Å². The minimum atomic E-state index is -0.299. The Hall–Kier alpha value is -4.08. The maximum absolute atomic E-state index is 13.5. The van der Waals surface area contributed by atoms with E-state index in [1.54, 1.807) is 23.9 Å². The minimum Gasteiger partial charge on any atom is -0.497 e. The van der Waals surface area contributed by atoms with Crippen LogP contribution in [0.3, 0.4) is 0 Å². The number of aryl methyl sites for hydroxylation is 1. The van der Waals surface area contributed by atoms with Crippen molar-refractivity contribution in [3.05, 3.63) is 59.0 Å². The van der Waals surface area contributed by atoms with Crippen LogP contribution in [-0.2, 0) is 6.42 Å². The Morgan fingerprint density at radius 2 is 2.10 bits per heavy atom. The summed E-state index contributed by atoms with van der Waals surface area (Å²) in [6, 6.07) is 9.17. The van der Waals surface area contributed by atoms with Gasteiger partial charge in [-0.2, -0.15) is 19.6 Å². The van der Waals surface area contributed by atoms with Gasteiger partial charge in [-0.3, -0.25) is 9.89 Å². The van der Waals surface area contributed by atoms with E-state index in [-0.39, 0.29) is 11.5 Å². The van der Waals surface area contributed by atoms with Crippen LogP contribution in [0, 0.1) is 0 Å². The molecule has 0 fully saturated rings. The van der Waals surface area contributed by atoms with Crippen LogP contribution in [0.15, 0.2) is 47.7 Å². The third kappa shape index (κ3) is 2.64. The van der Waals surface area contributed by atoms with Crippen LogP contribution in [0.4, 0.5) is 0 Å². The molecule has 1 aromatic carbocycles. The summed E-state index contributed by atoms with van der Waals surface area (Å²) in [6.45, 7) is 1.96. The molecule has 4 aromatic heterocycles. The van der Waals surface area contributed by atoms with Crippen molar-refractivity contribution in [1.29, 1.82) is 0 Å². The Balaban J connectivity index is 1.88. The number of H-pyrrole nitrogens is 1. The van der Waals surface area contributed by atoms with Gasteiger partial charge in [0.1, 0.15) is 17.9 Å². The van der Waals surface area contributed by atoms with E-state index >= 15 is 0 Å². The zero-order valence-corrected chi connectivity index (χ0v) is 15.7. The lowest BCUT2D eigenvalue weighted by Gasteiger charge is -2.11. The number of nitrogens with zero attached hydrogens (tertiary/aromatic N) is 7. The highest BCUT2D eigenvalue weighted by molar-refractivity contribution is 5.93. The number of hydrogen-bond donors (Lipinski definition) is 1. The second-order valence-corrected chi connectivity index (χ2v) is 6.35. The first-order chi connectivity index (χ1) is 14.2. The Bertz CT molecular complexity index is 1420. The first-order valence-electron chi connectivity index (χ1n) is 9.00. The van der Waals surface area contributed by atoms with Gasteiger partial charge in [0.25, 0.3) is 17.3 Å². The zero-order chi connectivity index (χ0) is 20.0. The maximum Gasteiger partial charge on any atom is 0.269 e. The molecular weight excluding hydrogens is 372 g/mol. The largest absolute Gasteiger partial charge is 0.497 e. The molecule has 4 heterocycles. The van der Waals surface area contributed by atoms with Crippen LogP contribution in [0.1, 0.15) is 12.7 Å². The van der Waals surface area contributed by atoms with E-state index in [4.69, 9.17) is 4.74 Å². The highest BCUT2D eigenvalue weighted by Gasteiger charge is 2.19. The zero-order valence-electron chi connectivity index (χ0n) is 15.7. The quantitative estimate of drug-likeness (QED) is 0.499. The topological polar surface area (TPSA) is 116 Å². The van der Waals surface area contributed by atoms with Crippen LogP contribution < -0.4 is 10.3 Å². The van der Waals surface area contributed by atoms with E-state index in [1.807, 2.05) is 31.2 Å². The summed E-state index contributed by atoms with van der Waals surface area (Å²) in [4.78, 5) is 26.5. The highest BCUT2D eigenvalue weighted by atomic mass is 16.5. The van der Waals surface area contributed by atoms with Gasteiger partial charge in [-0.15, -0.1) is 5.10 Å². The fraction of sp³-hybridized carbons (Fsp3) is 0.158. The third-order valence-corrected chi connectivity index (χ3v) is 4.68. The molecule has 0 radical (unpaired) electrons. The Kier molecular flexibility index (Phi) is 3.83. The fourth-order valence-corrected chi connectivity index (χ4v) is 3.27. The van der Waals surface area contributed by atoms with Gasteiger partial charge >= 0.3 is 0 Å². The molecule has 5 rings (SSSR count). The monoisotopic (exact) mass is 388 g/mol. The fourth-order valence-electron chi connectivity index (χ4n) is 3.27. The van der Waals surface area contributed by atoms with Gasteiger partial charge in [-0.1, -0.05) is 19.1 Å². The molecule has 144 valence electrons. The van der Waals surface area contributed by atoms with E-state index in [0.29, 0.717) is 40.4 Å². The molecule has 0 unspecified atom stereocenters. The standard InChI is InChI=1S/C19H16N8O2/c1-3-14-23-19(25-24-14)26-8-7-13-15(17(26)28)16(27-18(22-13)20-10-21-27)11-5-4-6-12(9-11)29-2/h4-10H,3H2,1-2H3,(H,23,24,25). The summed E-state index contributed by atoms with van der Waals surface area (Å²) in [5.41, 5.74) is 1.54. The molecule has 0 saturated carbocycles. The molecule has 0 aliphatic carbocycles. The molecule has 29 heavy (non-hydrogen) atoms. The van der Waals surface area contributed by atoms with Gasteiger partial charge < -0.3 is 4.74 Å². The van der Waals surface area contributed by atoms with Gasteiger partial charge in [-0.25, -0.2) is 9.55 Å². The summed E-state index contributed by atoms with van der Waals surface area (Å²) in [5, 5.41) is 11.7. The van der Waals surface area contributed by atoms with Crippen molar-refractivity contribution in [1.82, 2.24) is 39.3 Å². The Morgan fingerprint density at radius 3 is 2.90 bits per heavy atom. The summed E-state index contributed by atoms with van der Waals surface area (Å²) in [6.07, 6.45) is 3.71. The van der Waals surface area contributed by atoms with Crippen molar-refractivity contribution in [2.24, 2.45) is 0 Å². The second-order valence-electron chi connectivity index (χ2n) is 6.35. The van der Waals surface area contributed by atoms with Crippen LogP contribution >= 0.6 is 0 Å². The normalized spacial score (nSPS) is 11.4. The lowest BCUT2D eigenvalue weighted by Crippen LogP contribution is -2.21. The molecule has 1 N–H and O–H groups in total. The predicted octanol–water partition coefficient (Wildman–Crippen LogP) is 1.78. The van der Waals surface area contributed by atoms with E-state index < -0.39 is 0 Å². The van der Waals surface area contributed by atoms with E-state index in [1.165, 1.54) is 10.9 Å². The van der Waals surface area contributed by atoms with Crippen LogP contribution in [0.2, 0.25) is 0 Å². The van der Waals surface area contributed by atoms with Crippen molar-refractivity contribution in [2.75, 3.05) is 7.11 Å². The molecule has 0 saturated heterocycles. The van der Waals surface area contributed by atoms with Crippen molar-refractivity contribution >= 4 is 16.7 Å². The molecule has 0 aliphatic rings. The van der Waals surface area contributed by atoms with Gasteiger partial charge in [-0.05, 0) is 18.2 Å². The molecule has 0 aliphatic heterocycles. The smallest absolute Gasteiger partial charge is 0.269 e. The van der Waals surface area contributed by atoms with Crippen molar-refractivity contribution in [3.8, 4) is 23.0 Å². The van der Waals surface area contributed by atoms with Gasteiger partial charge in [0.2, 0.25) is 0 Å². The molecule has 0 bridgehead atoms. The molecule has 0 amide bonds. The molecule has 10 heteroatoms. The van der Waals surface area contributed by atoms with E-state index in [9.17, 15) is 4.79 Å². The average molecular weight is 388 g/mol. The Labute approximate surface area is 163 Å². The van der Waals surface area contributed by atoms with Crippen molar-refractivity contribution in [2.45, 2.75) is 13.3 Å². The third-order valence-electron chi connectivity index (χ3n) is 4.68. The number of aromatic nitrogens is 8. The summed E-state index contributed by atoms with van der Waals surface area (Å²) in [7, 11) is 1.59. The van der Waals surface area contributed by atoms with Crippen LogP contribution in [0.25, 0.3) is 33.9 Å². The lowest BCUT2D eigenvalue weighted by molar-refractivity contribution is 0.415. The number of nitrogens with one attached hydrogen (secondary N) is 1. The minimum absolute atomic E-state index is 0.282. The number of ether oxygens (including phenoxy) is 1. The van der Waals surface area contributed by atoms with Crippen molar-refractivity contribution < 1.29 is 4.74 Å². The number of rotatable bonds is 4. The first-order valence-corrected chi connectivity index (χ1v) is 9.00. The number of pyridine rings is 1. The average Bonchev–Trinajstić information content (AvgIpc) is 3.42. The Morgan fingerprint density at radius 1 is 1.21 bits per heavy atom. The number of aromatic amines is 1. The lowest BCUT2D eigenvalue weighted by atomic mass is 10.1. The molecular formula is C19H16N8O2. The summed E-state index contributed by atoms with van der Waals surface area (Å²) in [5.74, 6) is 2.05. The molecule has 5 aromatic rings. The number of fused-ring (bicyclic) bond motifs is 2. The summed E-state index contributed by atoms with van der Waals surface area (Å²) < 4.78 is 8.30. The van der Waals surface area contributed by atoms with Gasteiger partial charge in [0, 0.05) is 18.2 Å². The second kappa shape index (κ2) is 6.51. The molecule has 0 atom stereocenters. The van der Waals surface area contributed by atoms with Crippen molar-refractivity contribution in [3.63, 3.8) is 0 Å². The number of benzene rings is 1. The van der Waals surface area contributed by atoms with Gasteiger partial charge in [0.15, 0.2) is 0 Å². The molecule has 0 spiro atoms. The maximum atomic E-state index is 13.5. The number of methoxy groups -OCH3 is 1. The highest BCUT2D eigenvalue weighted by Crippen LogP contribution is 2.28. The van der Waals surface area contributed by atoms with Gasteiger partial charge in [0.05, 0.1) is 23.7 Å². The molecule has 10 nitrogen and oxygen atoms in total. The SMILES string of the molecule is CCc1nc(-n2ccc3nc4ncnn4c(-c4cccc(OC)c4)c3c2=O)n[nH]1.